The minimum absolute atomic E-state index is 0.0702. The van der Waals surface area contributed by atoms with Gasteiger partial charge in [-0.05, 0) is 18.2 Å². The van der Waals surface area contributed by atoms with Crippen molar-refractivity contribution < 1.29 is 4.79 Å². The van der Waals surface area contributed by atoms with E-state index in [4.69, 9.17) is 0 Å². The lowest BCUT2D eigenvalue weighted by atomic mass is 10.2. The Labute approximate surface area is 80.6 Å². The lowest BCUT2D eigenvalue weighted by Gasteiger charge is -2.00. The van der Waals surface area contributed by atoms with Crippen LogP contribution in [0.15, 0.2) is 29.2 Å². The SMILES string of the molecule is CNC(=O)c1cccc(SS)c1. The Morgan fingerprint density at radius 1 is 1.58 bits per heavy atom. The van der Waals surface area contributed by atoms with Crippen LogP contribution in [-0.2, 0) is 0 Å². The third-order valence-corrected chi connectivity index (χ3v) is 2.53. The first-order valence-corrected chi connectivity index (χ1v) is 5.28. The molecule has 1 aromatic carbocycles. The summed E-state index contributed by atoms with van der Waals surface area (Å²) < 4.78 is 0. The van der Waals surface area contributed by atoms with E-state index in [1.54, 1.807) is 19.2 Å². The summed E-state index contributed by atoms with van der Waals surface area (Å²) in [4.78, 5) is 12.1. The monoisotopic (exact) mass is 199 g/mol. The Morgan fingerprint density at radius 3 is 2.92 bits per heavy atom. The zero-order valence-corrected chi connectivity index (χ0v) is 8.28. The molecule has 1 rings (SSSR count). The largest absolute Gasteiger partial charge is 0.355 e. The molecule has 0 aliphatic carbocycles. The summed E-state index contributed by atoms with van der Waals surface area (Å²) in [7, 11) is 2.94. The number of carbonyl (C=O) groups excluding carboxylic acids is 1. The second kappa shape index (κ2) is 4.42. The molecule has 0 heterocycles. The molecule has 0 unspecified atom stereocenters. The predicted octanol–water partition coefficient (Wildman–Crippen LogP) is 1.98. The van der Waals surface area contributed by atoms with Crippen LogP contribution in [0, 0.1) is 0 Å². The Morgan fingerprint density at radius 2 is 2.33 bits per heavy atom. The predicted molar refractivity (Wildman–Crippen MR) is 54.7 cm³/mol. The minimum Gasteiger partial charge on any atom is -0.355 e. The second-order valence-corrected chi connectivity index (χ2v) is 3.40. The molecule has 0 atom stereocenters. The van der Waals surface area contributed by atoms with Crippen molar-refractivity contribution in [1.29, 1.82) is 0 Å². The van der Waals surface area contributed by atoms with E-state index < -0.39 is 0 Å². The first kappa shape index (κ1) is 9.48. The third kappa shape index (κ3) is 2.19. The van der Waals surface area contributed by atoms with Crippen LogP contribution in [0.25, 0.3) is 0 Å². The maximum atomic E-state index is 11.1. The normalized spacial score (nSPS) is 9.50. The van der Waals surface area contributed by atoms with E-state index in [0.29, 0.717) is 5.56 Å². The van der Waals surface area contributed by atoms with Gasteiger partial charge in [0.1, 0.15) is 0 Å². The Balaban J connectivity index is 2.93. The zero-order valence-electron chi connectivity index (χ0n) is 6.57. The van der Waals surface area contributed by atoms with Gasteiger partial charge < -0.3 is 5.32 Å². The number of hydrogen-bond donors (Lipinski definition) is 2. The topological polar surface area (TPSA) is 29.1 Å². The van der Waals surface area contributed by atoms with Crippen LogP contribution in [0.1, 0.15) is 10.4 Å². The molecule has 0 bridgehead atoms. The van der Waals surface area contributed by atoms with Crippen LogP contribution in [0.4, 0.5) is 0 Å². The quantitative estimate of drug-likeness (QED) is 0.563. The van der Waals surface area contributed by atoms with Gasteiger partial charge in [-0.25, -0.2) is 0 Å². The average Bonchev–Trinajstić information content (AvgIpc) is 2.17. The van der Waals surface area contributed by atoms with Crippen LogP contribution >= 0.6 is 22.5 Å². The van der Waals surface area contributed by atoms with Gasteiger partial charge in [-0.3, -0.25) is 4.79 Å². The molecule has 1 N–H and O–H groups in total. The van der Waals surface area contributed by atoms with Gasteiger partial charge in [0.2, 0.25) is 0 Å². The maximum Gasteiger partial charge on any atom is 0.251 e. The van der Waals surface area contributed by atoms with Crippen molar-refractivity contribution in [3.63, 3.8) is 0 Å². The highest BCUT2D eigenvalue weighted by Crippen LogP contribution is 2.21. The Kier molecular flexibility index (Phi) is 3.49. The van der Waals surface area contributed by atoms with Gasteiger partial charge in [0.25, 0.3) is 5.91 Å². The number of amides is 1. The molecule has 2 nitrogen and oxygen atoms in total. The van der Waals surface area contributed by atoms with E-state index in [-0.39, 0.29) is 5.91 Å². The fourth-order valence-electron chi connectivity index (χ4n) is 0.838. The molecule has 0 spiro atoms. The third-order valence-electron chi connectivity index (χ3n) is 1.43. The van der Waals surface area contributed by atoms with E-state index >= 15 is 0 Å². The lowest BCUT2D eigenvalue weighted by Crippen LogP contribution is -2.17. The number of benzene rings is 1. The van der Waals surface area contributed by atoms with Gasteiger partial charge >= 0.3 is 0 Å². The Bertz CT molecular complexity index is 288. The van der Waals surface area contributed by atoms with Crippen molar-refractivity contribution in [3.05, 3.63) is 29.8 Å². The van der Waals surface area contributed by atoms with Crippen molar-refractivity contribution in [2.24, 2.45) is 0 Å². The minimum atomic E-state index is -0.0702. The molecule has 4 heteroatoms. The molecule has 0 saturated carbocycles. The van der Waals surface area contributed by atoms with Gasteiger partial charge in [0.15, 0.2) is 0 Å². The molecule has 0 fully saturated rings. The van der Waals surface area contributed by atoms with E-state index in [0.717, 1.165) is 4.90 Å². The number of carbonyl (C=O) groups is 1. The highest BCUT2D eigenvalue weighted by Gasteiger charge is 2.02. The maximum absolute atomic E-state index is 11.1. The summed E-state index contributed by atoms with van der Waals surface area (Å²) in [5, 5.41) is 2.56. The highest BCUT2D eigenvalue weighted by atomic mass is 33.1. The summed E-state index contributed by atoms with van der Waals surface area (Å²) in [6.07, 6.45) is 0. The first-order chi connectivity index (χ1) is 5.77. The van der Waals surface area contributed by atoms with Crippen molar-refractivity contribution >= 4 is 28.4 Å². The molecule has 1 amide bonds. The number of rotatable bonds is 2. The number of nitrogens with one attached hydrogen (secondary N) is 1. The van der Waals surface area contributed by atoms with Crippen molar-refractivity contribution in [2.45, 2.75) is 4.90 Å². The van der Waals surface area contributed by atoms with Gasteiger partial charge in [0.05, 0.1) is 0 Å². The molecular weight excluding hydrogens is 190 g/mol. The van der Waals surface area contributed by atoms with Crippen LogP contribution in [-0.4, -0.2) is 13.0 Å². The number of hydrogen-bond acceptors (Lipinski definition) is 3. The van der Waals surface area contributed by atoms with E-state index in [1.165, 1.54) is 10.8 Å². The summed E-state index contributed by atoms with van der Waals surface area (Å²) in [6, 6.07) is 7.32. The molecule has 64 valence electrons. The molecule has 12 heavy (non-hydrogen) atoms. The lowest BCUT2D eigenvalue weighted by molar-refractivity contribution is 0.0963. The Hall–Kier alpha value is -0.610. The van der Waals surface area contributed by atoms with E-state index in [1.807, 2.05) is 12.1 Å². The summed E-state index contributed by atoms with van der Waals surface area (Å²) in [5.41, 5.74) is 0.663. The van der Waals surface area contributed by atoms with Crippen molar-refractivity contribution in [3.8, 4) is 0 Å². The smallest absolute Gasteiger partial charge is 0.251 e. The van der Waals surface area contributed by atoms with Crippen LogP contribution in [0.2, 0.25) is 0 Å². The van der Waals surface area contributed by atoms with Crippen LogP contribution < -0.4 is 5.32 Å². The van der Waals surface area contributed by atoms with E-state index in [9.17, 15) is 4.79 Å². The molecule has 0 aliphatic heterocycles. The summed E-state index contributed by atoms with van der Waals surface area (Å²) in [6.45, 7) is 0. The van der Waals surface area contributed by atoms with Crippen molar-refractivity contribution in [2.75, 3.05) is 7.05 Å². The van der Waals surface area contributed by atoms with Gasteiger partial charge in [-0.15, -0.1) is 11.7 Å². The summed E-state index contributed by atoms with van der Waals surface area (Å²) in [5.74, 6) is -0.0702. The van der Waals surface area contributed by atoms with E-state index in [2.05, 4.69) is 17.0 Å². The van der Waals surface area contributed by atoms with Gasteiger partial charge in [-0.1, -0.05) is 16.9 Å². The standard InChI is InChI=1S/C8H9NOS2/c1-9-8(10)6-3-2-4-7(5-6)12-11/h2-5,11H,1H3,(H,9,10). The van der Waals surface area contributed by atoms with Crippen LogP contribution in [0.5, 0.6) is 0 Å². The summed E-state index contributed by atoms with van der Waals surface area (Å²) >= 11 is 4.04. The molecular formula is C8H9NOS2. The molecule has 0 aliphatic rings. The number of thiol groups is 1. The fourth-order valence-corrected chi connectivity index (χ4v) is 1.50. The van der Waals surface area contributed by atoms with Crippen LogP contribution in [0.3, 0.4) is 0 Å². The molecule has 1 aromatic rings. The first-order valence-electron chi connectivity index (χ1n) is 3.41. The fraction of sp³-hybridized carbons (Fsp3) is 0.125. The second-order valence-electron chi connectivity index (χ2n) is 2.20. The zero-order chi connectivity index (χ0) is 8.97. The average molecular weight is 199 g/mol. The highest BCUT2D eigenvalue weighted by molar-refractivity contribution is 8.68. The molecule has 0 radical (unpaired) electrons. The molecule has 0 aromatic heterocycles. The molecule has 0 saturated heterocycles. The van der Waals surface area contributed by atoms with Gasteiger partial charge in [0, 0.05) is 17.5 Å². The van der Waals surface area contributed by atoms with Gasteiger partial charge in [-0.2, -0.15) is 0 Å². The van der Waals surface area contributed by atoms with Crippen molar-refractivity contribution in [1.82, 2.24) is 5.32 Å².